The molecule has 152 valence electrons. The molecule has 4 rings (SSSR count). The minimum atomic E-state index is 0. The van der Waals surface area contributed by atoms with Crippen molar-refractivity contribution >= 4 is 48.0 Å². The maximum absolute atomic E-state index is 6.28. The molecule has 0 bridgehead atoms. The van der Waals surface area contributed by atoms with E-state index < -0.39 is 0 Å². The fourth-order valence-corrected chi connectivity index (χ4v) is 3.47. The van der Waals surface area contributed by atoms with Crippen LogP contribution in [-0.4, -0.2) is 47.7 Å². The van der Waals surface area contributed by atoms with Crippen molar-refractivity contribution in [1.29, 1.82) is 0 Å². The number of rotatable bonds is 4. The molecule has 3 heterocycles. The number of methoxy groups -OCH3 is 2. The summed E-state index contributed by atoms with van der Waals surface area (Å²) >= 11 is 6.28. The highest BCUT2D eigenvalue weighted by atomic mass is 35.5. The number of hydrogen-bond donors (Lipinski definition) is 1. The van der Waals surface area contributed by atoms with Crippen LogP contribution in [0.5, 0.6) is 11.5 Å². The topological polar surface area (TPSA) is 77.9 Å². The van der Waals surface area contributed by atoms with Gasteiger partial charge in [0.15, 0.2) is 0 Å². The number of ether oxygens (including phenoxy) is 2. The summed E-state index contributed by atoms with van der Waals surface area (Å²) in [5.41, 5.74) is 7.51. The Morgan fingerprint density at radius 2 is 1.89 bits per heavy atom. The molecule has 0 radical (unpaired) electrons. The molecule has 0 saturated carbocycles. The molecule has 1 atom stereocenters. The van der Waals surface area contributed by atoms with Crippen LogP contribution in [0.4, 0.5) is 5.82 Å². The fraction of sp³-hybridized carbons (Fsp3) is 0.333. The van der Waals surface area contributed by atoms with Gasteiger partial charge >= 0.3 is 0 Å². The second-order valence-electron chi connectivity index (χ2n) is 6.30. The maximum Gasteiger partial charge on any atom is 0.236 e. The van der Waals surface area contributed by atoms with E-state index in [4.69, 9.17) is 26.8 Å². The van der Waals surface area contributed by atoms with Crippen LogP contribution in [0.25, 0.3) is 17.0 Å². The second kappa shape index (κ2) is 9.05. The predicted octanol–water partition coefficient (Wildman–Crippen LogP) is 3.45. The van der Waals surface area contributed by atoms with Crippen LogP contribution in [0.1, 0.15) is 6.42 Å². The van der Waals surface area contributed by atoms with Crippen LogP contribution < -0.4 is 20.1 Å². The number of nitrogens with zero attached hydrogens (tertiary/aromatic N) is 4. The quantitative estimate of drug-likeness (QED) is 0.661. The van der Waals surface area contributed by atoms with Gasteiger partial charge in [0.05, 0.1) is 24.9 Å². The lowest BCUT2D eigenvalue weighted by atomic mass is 10.1. The molecule has 1 aromatic carbocycles. The monoisotopic (exact) mass is 445 g/mol. The average molecular weight is 447 g/mol. The van der Waals surface area contributed by atoms with E-state index in [1.807, 2.05) is 22.9 Å². The smallest absolute Gasteiger partial charge is 0.236 e. The number of imidazole rings is 1. The summed E-state index contributed by atoms with van der Waals surface area (Å²) in [6.07, 6.45) is 4.84. The highest BCUT2D eigenvalue weighted by molar-refractivity contribution is 6.32. The van der Waals surface area contributed by atoms with Crippen molar-refractivity contribution in [1.82, 2.24) is 14.4 Å². The first-order valence-electron chi connectivity index (χ1n) is 8.37. The maximum atomic E-state index is 6.28. The van der Waals surface area contributed by atoms with Crippen LogP contribution in [0.2, 0.25) is 5.02 Å². The SMILES string of the molecule is COc1cc(OC)c(-c2cn3ccc(N4CCC(N)C4)nc3n2)cc1Cl.Cl.Cl. The average Bonchev–Trinajstić information content (AvgIpc) is 3.26. The second-order valence-corrected chi connectivity index (χ2v) is 6.71. The molecule has 2 aromatic heterocycles. The van der Waals surface area contributed by atoms with E-state index in [0.29, 0.717) is 22.3 Å². The van der Waals surface area contributed by atoms with Gasteiger partial charge in [-0.3, -0.25) is 4.40 Å². The molecule has 1 aliphatic rings. The zero-order valence-electron chi connectivity index (χ0n) is 15.5. The van der Waals surface area contributed by atoms with Gasteiger partial charge in [-0.1, -0.05) is 11.6 Å². The zero-order chi connectivity index (χ0) is 18.3. The molecule has 1 fully saturated rings. The Morgan fingerprint density at radius 1 is 1.14 bits per heavy atom. The van der Waals surface area contributed by atoms with Crippen LogP contribution in [-0.2, 0) is 0 Å². The van der Waals surface area contributed by atoms with Crippen LogP contribution >= 0.6 is 36.4 Å². The lowest BCUT2D eigenvalue weighted by Crippen LogP contribution is -2.26. The number of nitrogens with two attached hydrogens (primary N) is 1. The first kappa shape index (κ1) is 22.4. The van der Waals surface area contributed by atoms with Crippen molar-refractivity contribution in [3.05, 3.63) is 35.6 Å². The summed E-state index contributed by atoms with van der Waals surface area (Å²) in [6, 6.07) is 5.73. The zero-order valence-corrected chi connectivity index (χ0v) is 17.9. The Bertz CT molecular complexity index is 966. The first-order valence-corrected chi connectivity index (χ1v) is 8.75. The number of fused-ring (bicyclic) bond motifs is 1. The van der Waals surface area contributed by atoms with E-state index in [0.717, 1.165) is 36.6 Å². The molecule has 28 heavy (non-hydrogen) atoms. The van der Waals surface area contributed by atoms with Gasteiger partial charge in [0, 0.05) is 43.2 Å². The number of halogens is 3. The number of aromatic nitrogens is 3. The predicted molar refractivity (Wildman–Crippen MR) is 116 cm³/mol. The molecule has 0 amide bonds. The Balaban J connectivity index is 0.00000140. The van der Waals surface area contributed by atoms with Gasteiger partial charge in [-0.2, -0.15) is 4.98 Å². The largest absolute Gasteiger partial charge is 0.496 e. The van der Waals surface area contributed by atoms with E-state index >= 15 is 0 Å². The number of hydrogen-bond acceptors (Lipinski definition) is 6. The molecule has 10 heteroatoms. The Labute approximate surface area is 180 Å². The Hall–Kier alpha value is -1.93. The summed E-state index contributed by atoms with van der Waals surface area (Å²) < 4.78 is 12.6. The third-order valence-electron chi connectivity index (χ3n) is 4.61. The normalized spacial score (nSPS) is 15.9. The molecule has 2 N–H and O–H groups in total. The highest BCUT2D eigenvalue weighted by Crippen LogP contribution is 2.38. The highest BCUT2D eigenvalue weighted by Gasteiger charge is 2.21. The van der Waals surface area contributed by atoms with E-state index in [1.54, 1.807) is 26.4 Å². The van der Waals surface area contributed by atoms with Gasteiger partial charge in [0.1, 0.15) is 17.3 Å². The van der Waals surface area contributed by atoms with E-state index in [1.165, 1.54) is 0 Å². The van der Waals surface area contributed by atoms with Crippen LogP contribution in [0.15, 0.2) is 30.6 Å². The number of anilines is 1. The lowest BCUT2D eigenvalue weighted by molar-refractivity contribution is 0.395. The standard InChI is InChI=1S/C18H20ClN5O2.2ClH/c1-25-15-8-16(26-2)13(19)7-12(15)14-10-24-6-4-17(22-18(24)21-14)23-5-3-11(20)9-23;;/h4,6-8,10-11H,3,5,9,20H2,1-2H3;2*1H. The van der Waals surface area contributed by atoms with E-state index in [-0.39, 0.29) is 30.9 Å². The summed E-state index contributed by atoms with van der Waals surface area (Å²) in [4.78, 5) is 11.5. The molecular weight excluding hydrogens is 425 g/mol. The van der Waals surface area contributed by atoms with Crippen molar-refractivity contribution in [2.75, 3.05) is 32.2 Å². The third kappa shape index (κ3) is 4.07. The minimum absolute atomic E-state index is 0. The molecule has 1 unspecified atom stereocenters. The van der Waals surface area contributed by atoms with Gasteiger partial charge in [-0.15, -0.1) is 24.8 Å². The molecule has 1 saturated heterocycles. The molecular formula is C18H22Cl3N5O2. The van der Waals surface area contributed by atoms with Crippen molar-refractivity contribution in [3.8, 4) is 22.8 Å². The summed E-state index contributed by atoms with van der Waals surface area (Å²) in [7, 11) is 3.18. The molecule has 3 aromatic rings. The van der Waals surface area contributed by atoms with E-state index in [9.17, 15) is 0 Å². The Morgan fingerprint density at radius 3 is 2.54 bits per heavy atom. The van der Waals surface area contributed by atoms with Crippen LogP contribution in [0.3, 0.4) is 0 Å². The summed E-state index contributed by atoms with van der Waals surface area (Å²) in [6.45, 7) is 1.73. The molecule has 7 nitrogen and oxygen atoms in total. The van der Waals surface area contributed by atoms with Crippen molar-refractivity contribution in [2.24, 2.45) is 5.73 Å². The van der Waals surface area contributed by atoms with Gasteiger partial charge < -0.3 is 20.1 Å². The fourth-order valence-electron chi connectivity index (χ4n) is 3.22. The lowest BCUT2D eigenvalue weighted by Gasteiger charge is -2.16. The molecule has 0 aliphatic carbocycles. The van der Waals surface area contributed by atoms with Crippen molar-refractivity contribution in [2.45, 2.75) is 12.5 Å². The molecule has 0 spiro atoms. The minimum Gasteiger partial charge on any atom is -0.496 e. The van der Waals surface area contributed by atoms with E-state index in [2.05, 4.69) is 14.9 Å². The van der Waals surface area contributed by atoms with Gasteiger partial charge in [-0.05, 0) is 18.6 Å². The van der Waals surface area contributed by atoms with Crippen LogP contribution in [0, 0.1) is 0 Å². The van der Waals surface area contributed by atoms with Gasteiger partial charge in [0.2, 0.25) is 5.78 Å². The van der Waals surface area contributed by atoms with Gasteiger partial charge in [-0.25, -0.2) is 4.98 Å². The van der Waals surface area contributed by atoms with Gasteiger partial charge in [0.25, 0.3) is 0 Å². The third-order valence-corrected chi connectivity index (χ3v) is 4.91. The molecule has 1 aliphatic heterocycles. The van der Waals surface area contributed by atoms with Crippen molar-refractivity contribution in [3.63, 3.8) is 0 Å². The van der Waals surface area contributed by atoms with Crippen molar-refractivity contribution < 1.29 is 9.47 Å². The summed E-state index contributed by atoms with van der Waals surface area (Å²) in [5.74, 6) is 2.71. The first-order chi connectivity index (χ1) is 12.6. The number of benzene rings is 1. The summed E-state index contributed by atoms with van der Waals surface area (Å²) in [5, 5.41) is 0.500. The Kier molecular flexibility index (Phi) is 7.22.